The second-order valence-electron chi connectivity index (χ2n) is 6.08. The van der Waals surface area contributed by atoms with Crippen LogP contribution in [0.15, 0.2) is 0 Å². The predicted octanol–water partition coefficient (Wildman–Crippen LogP) is 3.48. The fourth-order valence-electron chi connectivity index (χ4n) is 3.18. The van der Waals surface area contributed by atoms with Crippen molar-refractivity contribution in [1.82, 2.24) is 9.78 Å². The molecule has 0 radical (unpaired) electrons. The van der Waals surface area contributed by atoms with Gasteiger partial charge in [0.05, 0.1) is 16.4 Å². The van der Waals surface area contributed by atoms with Gasteiger partial charge in [-0.3, -0.25) is 4.68 Å². The van der Waals surface area contributed by atoms with Gasteiger partial charge in [0, 0.05) is 19.0 Å². The summed E-state index contributed by atoms with van der Waals surface area (Å²) in [5, 5.41) is 5.31. The maximum atomic E-state index is 6.60. The topological polar surface area (TPSA) is 43.8 Å². The van der Waals surface area contributed by atoms with Gasteiger partial charge < -0.3 is 5.73 Å². The lowest BCUT2D eigenvalue weighted by Crippen LogP contribution is -2.45. The normalized spacial score (nSPS) is 27.7. The summed E-state index contributed by atoms with van der Waals surface area (Å²) >= 11 is 6.43. The van der Waals surface area contributed by atoms with Gasteiger partial charge in [-0.15, -0.1) is 0 Å². The van der Waals surface area contributed by atoms with Crippen LogP contribution >= 0.6 is 11.6 Å². The van der Waals surface area contributed by atoms with Gasteiger partial charge in [0.2, 0.25) is 0 Å². The first-order valence-corrected chi connectivity index (χ1v) is 7.86. The number of nitrogens with zero attached hydrogens (tertiary/aromatic N) is 2. The van der Waals surface area contributed by atoms with Crippen LogP contribution in [-0.2, 0) is 19.9 Å². The number of nitrogens with two attached hydrogens (primary N) is 1. The Labute approximate surface area is 121 Å². The lowest BCUT2D eigenvalue weighted by Gasteiger charge is -2.37. The minimum absolute atomic E-state index is 0.0892. The van der Waals surface area contributed by atoms with Crippen LogP contribution in [0.5, 0.6) is 0 Å². The zero-order valence-electron chi connectivity index (χ0n) is 12.4. The summed E-state index contributed by atoms with van der Waals surface area (Å²) in [6, 6.07) is 0. The van der Waals surface area contributed by atoms with Crippen LogP contribution in [0.1, 0.15) is 57.3 Å². The van der Waals surface area contributed by atoms with E-state index in [4.69, 9.17) is 17.3 Å². The molecule has 3 nitrogen and oxygen atoms in total. The Hall–Kier alpha value is -0.540. The second kappa shape index (κ2) is 5.84. The maximum Gasteiger partial charge on any atom is 0.0850 e. The quantitative estimate of drug-likeness (QED) is 0.919. The predicted molar refractivity (Wildman–Crippen MR) is 80.5 cm³/mol. The molecule has 0 aliphatic heterocycles. The molecule has 0 spiro atoms. The van der Waals surface area contributed by atoms with E-state index < -0.39 is 0 Å². The molecule has 0 saturated heterocycles. The van der Waals surface area contributed by atoms with Crippen molar-refractivity contribution in [3.8, 4) is 0 Å². The fraction of sp³-hybridized carbons (Fsp3) is 0.800. The van der Waals surface area contributed by atoms with Crippen LogP contribution in [0, 0.1) is 5.92 Å². The number of hydrogen-bond acceptors (Lipinski definition) is 2. The van der Waals surface area contributed by atoms with Crippen LogP contribution in [-0.4, -0.2) is 15.3 Å². The summed E-state index contributed by atoms with van der Waals surface area (Å²) in [5.41, 5.74) is 8.61. The van der Waals surface area contributed by atoms with E-state index in [0.29, 0.717) is 0 Å². The monoisotopic (exact) mass is 283 g/mol. The molecule has 4 heteroatoms. The van der Waals surface area contributed by atoms with Crippen LogP contribution in [0.3, 0.4) is 0 Å². The molecular weight excluding hydrogens is 258 g/mol. The van der Waals surface area contributed by atoms with E-state index in [1.165, 1.54) is 19.3 Å². The van der Waals surface area contributed by atoms with Gasteiger partial charge in [0.15, 0.2) is 0 Å². The molecule has 1 aromatic heterocycles. The molecular formula is C15H26ClN3. The van der Waals surface area contributed by atoms with Gasteiger partial charge in [-0.2, -0.15) is 5.10 Å². The number of rotatable bonds is 4. The third kappa shape index (κ3) is 3.14. The van der Waals surface area contributed by atoms with Crippen molar-refractivity contribution in [2.45, 2.75) is 64.3 Å². The van der Waals surface area contributed by atoms with E-state index in [-0.39, 0.29) is 5.54 Å². The fourth-order valence-corrected chi connectivity index (χ4v) is 3.54. The summed E-state index contributed by atoms with van der Waals surface area (Å²) in [7, 11) is 1.97. The van der Waals surface area contributed by atoms with Gasteiger partial charge >= 0.3 is 0 Å². The van der Waals surface area contributed by atoms with E-state index in [2.05, 4.69) is 18.9 Å². The number of aryl methyl sites for hydroxylation is 2. The molecule has 19 heavy (non-hydrogen) atoms. The molecule has 0 bridgehead atoms. The minimum atomic E-state index is -0.0892. The van der Waals surface area contributed by atoms with Crippen molar-refractivity contribution in [1.29, 1.82) is 0 Å². The molecule has 0 atom stereocenters. The van der Waals surface area contributed by atoms with E-state index in [1.54, 1.807) is 0 Å². The van der Waals surface area contributed by atoms with E-state index >= 15 is 0 Å². The maximum absolute atomic E-state index is 6.60. The van der Waals surface area contributed by atoms with Crippen molar-refractivity contribution in [2.24, 2.45) is 18.7 Å². The average molecular weight is 284 g/mol. The van der Waals surface area contributed by atoms with Crippen LogP contribution in [0.25, 0.3) is 0 Å². The molecule has 0 amide bonds. The molecule has 1 aliphatic carbocycles. The molecule has 0 aromatic carbocycles. The summed E-state index contributed by atoms with van der Waals surface area (Å²) in [6.07, 6.45) is 7.73. The van der Waals surface area contributed by atoms with Crippen molar-refractivity contribution in [2.75, 3.05) is 0 Å². The molecule has 1 aliphatic rings. The van der Waals surface area contributed by atoms with Crippen molar-refractivity contribution in [3.63, 3.8) is 0 Å². The van der Waals surface area contributed by atoms with Gasteiger partial charge in [0.1, 0.15) is 0 Å². The molecule has 1 fully saturated rings. The van der Waals surface area contributed by atoms with Crippen molar-refractivity contribution < 1.29 is 0 Å². The zero-order chi connectivity index (χ0) is 14.0. The van der Waals surface area contributed by atoms with Crippen LogP contribution < -0.4 is 5.73 Å². The zero-order valence-corrected chi connectivity index (χ0v) is 13.1. The summed E-state index contributed by atoms with van der Waals surface area (Å²) < 4.78 is 1.92. The first-order valence-electron chi connectivity index (χ1n) is 7.48. The van der Waals surface area contributed by atoms with Crippen LogP contribution in [0.4, 0.5) is 0 Å². The Bertz CT molecular complexity index is 431. The Kier molecular flexibility index (Phi) is 4.57. The largest absolute Gasteiger partial charge is 0.325 e. The SMILES string of the molecule is CCc1nn(C)c(CC2(N)CCC(CC)CC2)c1Cl. The van der Waals surface area contributed by atoms with Gasteiger partial charge in [-0.25, -0.2) is 0 Å². The van der Waals surface area contributed by atoms with Gasteiger partial charge in [-0.05, 0) is 38.0 Å². The molecule has 0 unspecified atom stereocenters. The minimum Gasteiger partial charge on any atom is -0.325 e. The first-order chi connectivity index (χ1) is 8.99. The molecule has 1 aromatic rings. The summed E-state index contributed by atoms with van der Waals surface area (Å²) in [6.45, 7) is 4.36. The Morgan fingerprint density at radius 2 is 2.00 bits per heavy atom. The highest BCUT2D eigenvalue weighted by Gasteiger charge is 2.33. The molecule has 1 heterocycles. The third-order valence-electron chi connectivity index (χ3n) is 4.70. The Morgan fingerprint density at radius 1 is 1.37 bits per heavy atom. The lowest BCUT2D eigenvalue weighted by molar-refractivity contribution is 0.226. The van der Waals surface area contributed by atoms with E-state index in [0.717, 1.165) is 48.0 Å². The number of aromatic nitrogens is 2. The molecule has 108 valence electrons. The molecule has 1 saturated carbocycles. The summed E-state index contributed by atoms with van der Waals surface area (Å²) in [5.74, 6) is 0.866. The second-order valence-corrected chi connectivity index (χ2v) is 6.45. The first kappa shape index (κ1) is 14.9. The standard InChI is InChI=1S/C15H26ClN3/c1-4-11-6-8-15(17,9-7-11)10-13-14(16)12(5-2)18-19(13)3/h11H,4-10,17H2,1-3H3. The molecule has 2 rings (SSSR count). The Morgan fingerprint density at radius 3 is 2.47 bits per heavy atom. The van der Waals surface area contributed by atoms with Crippen molar-refractivity contribution >= 4 is 11.6 Å². The van der Waals surface area contributed by atoms with E-state index in [9.17, 15) is 0 Å². The summed E-state index contributed by atoms with van der Waals surface area (Å²) in [4.78, 5) is 0. The average Bonchev–Trinajstić information content (AvgIpc) is 2.67. The van der Waals surface area contributed by atoms with Crippen molar-refractivity contribution in [3.05, 3.63) is 16.4 Å². The van der Waals surface area contributed by atoms with Gasteiger partial charge in [0.25, 0.3) is 0 Å². The van der Waals surface area contributed by atoms with E-state index in [1.807, 2.05) is 11.7 Å². The number of hydrogen-bond donors (Lipinski definition) is 1. The van der Waals surface area contributed by atoms with Gasteiger partial charge in [-0.1, -0.05) is 31.9 Å². The van der Waals surface area contributed by atoms with Crippen LogP contribution in [0.2, 0.25) is 5.02 Å². The molecule has 2 N–H and O–H groups in total. The smallest absolute Gasteiger partial charge is 0.0850 e. The third-order valence-corrected chi connectivity index (χ3v) is 5.14. The number of halogens is 1. The highest BCUT2D eigenvalue weighted by Crippen LogP contribution is 2.35. The highest BCUT2D eigenvalue weighted by atomic mass is 35.5. The Balaban J connectivity index is 2.11. The lowest BCUT2D eigenvalue weighted by atomic mass is 9.74. The highest BCUT2D eigenvalue weighted by molar-refractivity contribution is 6.31.